The highest BCUT2D eigenvalue weighted by Gasteiger charge is 2.28. The van der Waals surface area contributed by atoms with Crippen LogP contribution in [0.15, 0.2) is 48.5 Å². The van der Waals surface area contributed by atoms with Crippen molar-refractivity contribution in [2.45, 2.75) is 38.3 Å². The van der Waals surface area contributed by atoms with Crippen LogP contribution in [0.25, 0.3) is 0 Å². The van der Waals surface area contributed by atoms with Crippen molar-refractivity contribution in [1.82, 2.24) is 15.5 Å². The third-order valence-electron chi connectivity index (χ3n) is 5.79. The second kappa shape index (κ2) is 11.9. The molecule has 4 amide bonds. The molecule has 1 aliphatic rings. The number of hydrogen-bond acceptors (Lipinski definition) is 5. The Bertz CT molecular complexity index is 1000. The van der Waals surface area contributed by atoms with Gasteiger partial charge in [-0.05, 0) is 36.6 Å². The van der Waals surface area contributed by atoms with Crippen LogP contribution < -0.4 is 25.4 Å². The fourth-order valence-electron chi connectivity index (χ4n) is 4.02. The van der Waals surface area contributed by atoms with Crippen LogP contribution in [-0.4, -0.2) is 62.1 Å². The van der Waals surface area contributed by atoms with Gasteiger partial charge in [0, 0.05) is 32.5 Å². The summed E-state index contributed by atoms with van der Waals surface area (Å²) in [6, 6.07) is 13.6. The molecule has 2 aromatic carbocycles. The zero-order valence-corrected chi connectivity index (χ0v) is 19.8. The Labute approximate surface area is 199 Å². The molecule has 3 rings (SSSR count). The second-order valence-corrected chi connectivity index (χ2v) is 8.17. The van der Waals surface area contributed by atoms with Crippen molar-refractivity contribution < 1.29 is 23.9 Å². The summed E-state index contributed by atoms with van der Waals surface area (Å²) in [6.45, 7) is 2.40. The highest BCUT2D eigenvalue weighted by Crippen LogP contribution is 2.24. The van der Waals surface area contributed by atoms with E-state index in [2.05, 4.69) is 16.0 Å². The molecule has 2 aromatic rings. The molecule has 1 saturated heterocycles. The SMILES string of the molecule is COc1ccccc1CC(NC(C)=O)C(=O)NC1CCN(C(=O)Nc2ccccc2OC)CC1. The Hall–Kier alpha value is -3.75. The molecule has 1 aliphatic heterocycles. The topological polar surface area (TPSA) is 109 Å². The summed E-state index contributed by atoms with van der Waals surface area (Å²) < 4.78 is 10.7. The van der Waals surface area contributed by atoms with Gasteiger partial charge in [-0.15, -0.1) is 0 Å². The van der Waals surface area contributed by atoms with Gasteiger partial charge in [0.25, 0.3) is 0 Å². The number of carbonyl (C=O) groups excluding carboxylic acids is 3. The van der Waals surface area contributed by atoms with E-state index >= 15 is 0 Å². The number of carbonyl (C=O) groups is 3. The molecule has 0 aromatic heterocycles. The third-order valence-corrected chi connectivity index (χ3v) is 5.79. The molecule has 3 N–H and O–H groups in total. The average molecular weight is 469 g/mol. The van der Waals surface area contributed by atoms with E-state index in [1.54, 1.807) is 31.3 Å². The third kappa shape index (κ3) is 6.63. The Morgan fingerprint density at radius 3 is 2.24 bits per heavy atom. The van der Waals surface area contributed by atoms with Crippen LogP contribution in [0.4, 0.5) is 10.5 Å². The van der Waals surface area contributed by atoms with Gasteiger partial charge in [-0.25, -0.2) is 4.79 Å². The molecule has 1 fully saturated rings. The normalized spacial score (nSPS) is 14.6. The molecule has 1 heterocycles. The lowest BCUT2D eigenvalue weighted by atomic mass is 10.0. The van der Waals surface area contributed by atoms with E-state index in [9.17, 15) is 14.4 Å². The van der Waals surface area contributed by atoms with Crippen LogP contribution in [0.2, 0.25) is 0 Å². The van der Waals surface area contributed by atoms with Gasteiger partial charge in [0.2, 0.25) is 11.8 Å². The molecule has 9 heteroatoms. The number of nitrogens with zero attached hydrogens (tertiary/aromatic N) is 1. The minimum atomic E-state index is -0.722. The molecular weight excluding hydrogens is 436 g/mol. The fourth-order valence-corrected chi connectivity index (χ4v) is 4.02. The predicted molar refractivity (Wildman–Crippen MR) is 129 cm³/mol. The summed E-state index contributed by atoms with van der Waals surface area (Å²) in [6.07, 6.45) is 1.55. The molecular formula is C25H32N4O5. The van der Waals surface area contributed by atoms with E-state index in [1.165, 1.54) is 6.92 Å². The van der Waals surface area contributed by atoms with Crippen molar-refractivity contribution in [1.29, 1.82) is 0 Å². The van der Waals surface area contributed by atoms with Gasteiger partial charge in [0.1, 0.15) is 17.5 Å². The molecule has 0 saturated carbocycles. The van der Waals surface area contributed by atoms with E-state index < -0.39 is 6.04 Å². The number of anilines is 1. The Morgan fingerprint density at radius 2 is 1.59 bits per heavy atom. The summed E-state index contributed by atoms with van der Waals surface area (Å²) in [5.41, 5.74) is 1.45. The van der Waals surface area contributed by atoms with Gasteiger partial charge in [-0.1, -0.05) is 30.3 Å². The van der Waals surface area contributed by atoms with E-state index in [0.29, 0.717) is 49.5 Å². The number of piperidine rings is 1. The first-order valence-electron chi connectivity index (χ1n) is 11.3. The Balaban J connectivity index is 1.55. The fraction of sp³-hybridized carbons (Fsp3) is 0.400. The lowest BCUT2D eigenvalue weighted by Gasteiger charge is -2.33. The van der Waals surface area contributed by atoms with Crippen LogP contribution >= 0.6 is 0 Å². The van der Waals surface area contributed by atoms with E-state index in [4.69, 9.17) is 9.47 Å². The standard InChI is InChI=1S/C25H32N4O5/c1-17(30)26-21(16-18-8-4-6-10-22(18)33-2)24(31)27-19-12-14-29(15-13-19)25(32)28-20-9-5-7-11-23(20)34-3/h4-11,19,21H,12-16H2,1-3H3,(H,26,30)(H,27,31)(H,28,32). The summed E-state index contributed by atoms with van der Waals surface area (Å²) >= 11 is 0. The largest absolute Gasteiger partial charge is 0.496 e. The van der Waals surface area contributed by atoms with Crippen LogP contribution in [-0.2, 0) is 16.0 Å². The first kappa shape index (κ1) is 24.9. The smallest absolute Gasteiger partial charge is 0.321 e. The van der Waals surface area contributed by atoms with Crippen molar-refractivity contribution in [2.24, 2.45) is 0 Å². The number of urea groups is 1. The zero-order chi connectivity index (χ0) is 24.5. The highest BCUT2D eigenvalue weighted by atomic mass is 16.5. The summed E-state index contributed by atoms with van der Waals surface area (Å²) in [7, 11) is 3.13. The van der Waals surface area contributed by atoms with Gasteiger partial charge in [0.05, 0.1) is 19.9 Å². The predicted octanol–water partition coefficient (Wildman–Crippen LogP) is 2.56. The zero-order valence-electron chi connectivity index (χ0n) is 19.8. The number of methoxy groups -OCH3 is 2. The first-order chi connectivity index (χ1) is 16.4. The van der Waals surface area contributed by atoms with E-state index in [0.717, 1.165) is 5.56 Å². The first-order valence-corrected chi connectivity index (χ1v) is 11.3. The molecule has 1 atom stereocenters. The van der Waals surface area contributed by atoms with Gasteiger partial charge in [-0.2, -0.15) is 0 Å². The molecule has 0 bridgehead atoms. The minimum absolute atomic E-state index is 0.0864. The summed E-state index contributed by atoms with van der Waals surface area (Å²) in [4.78, 5) is 39.1. The Kier molecular flexibility index (Phi) is 8.73. The number of amides is 4. The van der Waals surface area contributed by atoms with Gasteiger partial charge < -0.3 is 30.3 Å². The number of nitrogens with one attached hydrogen (secondary N) is 3. The average Bonchev–Trinajstić information content (AvgIpc) is 2.84. The molecule has 34 heavy (non-hydrogen) atoms. The van der Waals surface area contributed by atoms with Crippen LogP contribution in [0.1, 0.15) is 25.3 Å². The van der Waals surface area contributed by atoms with Crippen molar-refractivity contribution >= 4 is 23.5 Å². The van der Waals surface area contributed by atoms with Crippen LogP contribution in [0.5, 0.6) is 11.5 Å². The number of likely N-dealkylation sites (tertiary alicyclic amines) is 1. The van der Waals surface area contributed by atoms with Gasteiger partial charge >= 0.3 is 6.03 Å². The van der Waals surface area contributed by atoms with E-state index in [1.807, 2.05) is 36.4 Å². The molecule has 9 nitrogen and oxygen atoms in total. The van der Waals surface area contributed by atoms with Gasteiger partial charge in [0.15, 0.2) is 0 Å². The number of ether oxygens (including phenoxy) is 2. The maximum atomic E-state index is 13.0. The number of hydrogen-bond donors (Lipinski definition) is 3. The van der Waals surface area contributed by atoms with Crippen molar-refractivity contribution in [3.8, 4) is 11.5 Å². The summed E-state index contributed by atoms with van der Waals surface area (Å²) in [5, 5.41) is 8.66. The lowest BCUT2D eigenvalue weighted by Crippen LogP contribution is -2.53. The van der Waals surface area contributed by atoms with Crippen LogP contribution in [0, 0.1) is 0 Å². The van der Waals surface area contributed by atoms with Crippen molar-refractivity contribution in [3.63, 3.8) is 0 Å². The monoisotopic (exact) mass is 468 g/mol. The van der Waals surface area contributed by atoms with Crippen molar-refractivity contribution in [3.05, 3.63) is 54.1 Å². The van der Waals surface area contributed by atoms with Crippen molar-refractivity contribution in [2.75, 3.05) is 32.6 Å². The number of rotatable bonds is 8. The quantitative estimate of drug-likeness (QED) is 0.552. The Morgan fingerprint density at radius 1 is 0.971 bits per heavy atom. The maximum absolute atomic E-state index is 13.0. The van der Waals surface area contributed by atoms with E-state index in [-0.39, 0.29) is 23.9 Å². The maximum Gasteiger partial charge on any atom is 0.321 e. The second-order valence-electron chi connectivity index (χ2n) is 8.17. The minimum Gasteiger partial charge on any atom is -0.496 e. The molecule has 0 spiro atoms. The molecule has 0 radical (unpaired) electrons. The molecule has 1 unspecified atom stereocenters. The van der Waals surface area contributed by atoms with Crippen LogP contribution in [0.3, 0.4) is 0 Å². The molecule has 0 aliphatic carbocycles. The number of benzene rings is 2. The summed E-state index contributed by atoms with van der Waals surface area (Å²) in [5.74, 6) is 0.730. The molecule has 182 valence electrons. The lowest BCUT2D eigenvalue weighted by molar-refractivity contribution is -0.128. The van der Waals surface area contributed by atoms with Gasteiger partial charge in [-0.3, -0.25) is 9.59 Å². The number of para-hydroxylation sites is 3. The highest BCUT2D eigenvalue weighted by molar-refractivity contribution is 5.91.